The zero-order valence-corrected chi connectivity index (χ0v) is 17.9. The molecule has 1 heterocycles. The number of hydrogen-bond donors (Lipinski definition) is 0. The average Bonchev–Trinajstić information content (AvgIpc) is 3.01. The van der Waals surface area contributed by atoms with Crippen molar-refractivity contribution in [2.45, 2.75) is 34.7 Å². The van der Waals surface area contributed by atoms with Gasteiger partial charge in [-0.15, -0.1) is 0 Å². The van der Waals surface area contributed by atoms with Gasteiger partial charge in [-0.1, -0.05) is 0 Å². The van der Waals surface area contributed by atoms with Gasteiger partial charge in [0, 0.05) is 0 Å². The minimum absolute atomic E-state index is 0.0133. The molecule has 0 aliphatic carbocycles. The third-order valence-corrected chi connectivity index (χ3v) is 10.3. The molecule has 0 saturated heterocycles. The molecule has 0 N–H and O–H groups in total. The Bertz CT molecular complexity index is 670. The molecule has 1 atom stereocenters. The molecule has 0 radical (unpaired) electrons. The number of carbonyl (C=O) groups is 1. The van der Waals surface area contributed by atoms with Crippen molar-refractivity contribution in [1.29, 1.82) is 0 Å². The maximum atomic E-state index is 12.5. The van der Waals surface area contributed by atoms with Crippen molar-refractivity contribution < 1.29 is 4.79 Å². The number of amides is 1. The summed E-state index contributed by atoms with van der Waals surface area (Å²) < 4.78 is 3.48. The quantitative estimate of drug-likeness (QED) is 0.698. The Morgan fingerprint density at radius 2 is 1.87 bits per heavy atom. The molecular formula is C18H27N3OSn. The van der Waals surface area contributed by atoms with Crippen molar-refractivity contribution in [3.8, 4) is 0 Å². The molecule has 124 valence electrons. The standard InChI is InChI=1S/C15H18N3O.3CH3.Sn/c1-4-17(3)15(19)14-10-16-11-18(14)12(2)13-8-6-5-7-9-13;;;;/h6-12H,4H2,1-3H3;3*1H3;. The van der Waals surface area contributed by atoms with Crippen LogP contribution in [0.1, 0.15) is 35.9 Å². The van der Waals surface area contributed by atoms with Gasteiger partial charge in [-0.05, 0) is 0 Å². The zero-order valence-electron chi connectivity index (χ0n) is 15.0. The fraction of sp³-hybridized carbons (Fsp3) is 0.444. The molecule has 1 unspecified atom stereocenters. The van der Waals surface area contributed by atoms with Gasteiger partial charge in [-0.3, -0.25) is 0 Å². The number of aromatic nitrogens is 2. The Labute approximate surface area is 143 Å². The molecule has 0 saturated carbocycles. The van der Waals surface area contributed by atoms with E-state index in [2.05, 4.69) is 51.0 Å². The molecule has 1 aromatic heterocycles. The Kier molecular flexibility index (Phi) is 5.55. The topological polar surface area (TPSA) is 38.1 Å². The van der Waals surface area contributed by atoms with Gasteiger partial charge in [-0.25, -0.2) is 0 Å². The normalized spacial score (nSPS) is 13.0. The van der Waals surface area contributed by atoms with Crippen LogP contribution in [0.25, 0.3) is 0 Å². The Balaban J connectivity index is 2.30. The number of imidazole rings is 1. The molecule has 2 rings (SSSR count). The van der Waals surface area contributed by atoms with Crippen LogP contribution in [0.15, 0.2) is 36.8 Å². The molecule has 1 aromatic carbocycles. The van der Waals surface area contributed by atoms with E-state index in [1.807, 2.05) is 18.5 Å². The van der Waals surface area contributed by atoms with Crippen LogP contribution < -0.4 is 3.58 Å². The molecule has 0 aliphatic heterocycles. The van der Waals surface area contributed by atoms with Crippen molar-refractivity contribution in [2.24, 2.45) is 0 Å². The Morgan fingerprint density at radius 3 is 2.39 bits per heavy atom. The fourth-order valence-corrected chi connectivity index (χ4v) is 5.87. The Hall–Kier alpha value is -1.30. The number of benzene rings is 1. The van der Waals surface area contributed by atoms with E-state index in [9.17, 15) is 4.79 Å². The molecule has 1 amide bonds. The second-order valence-electron chi connectivity index (χ2n) is 7.05. The van der Waals surface area contributed by atoms with Crippen molar-refractivity contribution >= 4 is 27.9 Å². The van der Waals surface area contributed by atoms with Crippen LogP contribution in [0.4, 0.5) is 0 Å². The second kappa shape index (κ2) is 7.07. The summed E-state index contributed by atoms with van der Waals surface area (Å²) in [5.41, 5.74) is 1.84. The third-order valence-electron chi connectivity index (χ3n) is 4.38. The number of rotatable bonds is 5. The van der Waals surface area contributed by atoms with Crippen LogP contribution in [0.3, 0.4) is 0 Å². The van der Waals surface area contributed by atoms with Crippen molar-refractivity contribution in [1.82, 2.24) is 14.5 Å². The van der Waals surface area contributed by atoms with Gasteiger partial charge in [0.2, 0.25) is 0 Å². The fourth-order valence-electron chi connectivity index (χ4n) is 2.54. The van der Waals surface area contributed by atoms with E-state index in [0.29, 0.717) is 12.2 Å². The molecule has 23 heavy (non-hydrogen) atoms. The molecule has 5 heteroatoms. The summed E-state index contributed by atoms with van der Waals surface area (Å²) in [7, 11) is 1.81. The zero-order chi connectivity index (χ0) is 17.2. The van der Waals surface area contributed by atoms with Crippen LogP contribution in [0, 0.1) is 0 Å². The van der Waals surface area contributed by atoms with E-state index in [-0.39, 0.29) is 11.9 Å². The molecule has 4 nitrogen and oxygen atoms in total. The first-order valence-electron chi connectivity index (χ1n) is 8.13. The average molecular weight is 420 g/mol. The van der Waals surface area contributed by atoms with Crippen LogP contribution in [-0.2, 0) is 0 Å². The molecule has 0 fully saturated rings. The van der Waals surface area contributed by atoms with E-state index in [4.69, 9.17) is 0 Å². The maximum absolute atomic E-state index is 12.5. The summed E-state index contributed by atoms with van der Waals surface area (Å²) in [6.45, 7) is 4.77. The van der Waals surface area contributed by atoms with E-state index in [0.717, 1.165) is 0 Å². The molecule has 2 aromatic rings. The van der Waals surface area contributed by atoms with E-state index in [1.54, 1.807) is 17.4 Å². The molecule has 0 aliphatic rings. The first kappa shape index (κ1) is 18.0. The van der Waals surface area contributed by atoms with Crippen LogP contribution >= 0.6 is 0 Å². The second-order valence-corrected chi connectivity index (χ2v) is 21.5. The van der Waals surface area contributed by atoms with Crippen LogP contribution in [-0.4, -0.2) is 52.3 Å². The summed E-state index contributed by atoms with van der Waals surface area (Å²) in [6, 6.07) is 9.00. The Morgan fingerprint density at radius 1 is 1.26 bits per heavy atom. The van der Waals surface area contributed by atoms with E-state index in [1.165, 1.54) is 9.14 Å². The van der Waals surface area contributed by atoms with Gasteiger partial charge in [0.05, 0.1) is 0 Å². The summed E-state index contributed by atoms with van der Waals surface area (Å²) >= 11 is -2.02. The molecular weight excluding hydrogens is 393 g/mol. The van der Waals surface area contributed by atoms with Crippen molar-refractivity contribution in [2.75, 3.05) is 13.6 Å². The SMILES string of the molecule is CCN(C)C(=O)c1cncn1C(C)c1cc[c]([Sn]([CH3])([CH3])[CH3])cc1. The van der Waals surface area contributed by atoms with E-state index >= 15 is 0 Å². The number of hydrogen-bond acceptors (Lipinski definition) is 2. The van der Waals surface area contributed by atoms with Crippen molar-refractivity contribution in [3.05, 3.63) is 48.0 Å². The number of nitrogens with zero attached hydrogens (tertiary/aromatic N) is 3. The van der Waals surface area contributed by atoms with Gasteiger partial charge in [-0.2, -0.15) is 0 Å². The first-order valence-corrected chi connectivity index (χ1v) is 18.1. The number of carbonyl (C=O) groups excluding carboxylic acids is 1. The molecule has 0 bridgehead atoms. The van der Waals surface area contributed by atoms with Gasteiger partial charge in [0.25, 0.3) is 0 Å². The van der Waals surface area contributed by atoms with Crippen molar-refractivity contribution in [3.63, 3.8) is 0 Å². The predicted molar refractivity (Wildman–Crippen MR) is 98.1 cm³/mol. The van der Waals surface area contributed by atoms with Crippen LogP contribution in [0.2, 0.25) is 14.8 Å². The summed E-state index contributed by atoms with van der Waals surface area (Å²) in [4.78, 5) is 25.6. The summed E-state index contributed by atoms with van der Waals surface area (Å²) in [5.74, 6) is 0.0133. The minimum atomic E-state index is -2.02. The van der Waals surface area contributed by atoms with Gasteiger partial charge >= 0.3 is 143 Å². The third kappa shape index (κ3) is 3.97. The monoisotopic (exact) mass is 421 g/mol. The van der Waals surface area contributed by atoms with Gasteiger partial charge in [0.1, 0.15) is 0 Å². The first-order chi connectivity index (χ1) is 10.8. The van der Waals surface area contributed by atoms with Gasteiger partial charge in [0.15, 0.2) is 0 Å². The van der Waals surface area contributed by atoms with E-state index < -0.39 is 18.4 Å². The predicted octanol–water partition coefficient (Wildman–Crippen LogP) is 3.13. The molecule has 0 spiro atoms. The van der Waals surface area contributed by atoms with Crippen LogP contribution in [0.5, 0.6) is 0 Å². The summed E-state index contributed by atoms with van der Waals surface area (Å²) in [6.07, 6.45) is 3.41. The summed E-state index contributed by atoms with van der Waals surface area (Å²) in [5, 5.41) is 0. The van der Waals surface area contributed by atoms with Gasteiger partial charge < -0.3 is 0 Å².